The van der Waals surface area contributed by atoms with Crippen LogP contribution in [0.15, 0.2) is 36.5 Å². The molecule has 1 saturated heterocycles. The standard InChI is InChI=1S/C17H16Cl2FN3O/c18-14-2-1-3-15(20)13(14)11-22-6-8-23(9-7-22)17(24)12-4-5-21-16(19)10-12/h1-5,10H,6-9,11H2. The molecule has 1 fully saturated rings. The maximum Gasteiger partial charge on any atom is 0.254 e. The van der Waals surface area contributed by atoms with Crippen LogP contribution in [0.2, 0.25) is 10.2 Å². The predicted octanol–water partition coefficient (Wildman–Crippen LogP) is 3.49. The molecular weight excluding hydrogens is 352 g/mol. The molecule has 0 radical (unpaired) electrons. The number of benzene rings is 1. The number of rotatable bonds is 3. The van der Waals surface area contributed by atoms with Crippen molar-refractivity contribution < 1.29 is 9.18 Å². The van der Waals surface area contributed by atoms with E-state index in [-0.39, 0.29) is 11.7 Å². The Morgan fingerprint density at radius 3 is 2.58 bits per heavy atom. The van der Waals surface area contributed by atoms with Crippen LogP contribution in [0.5, 0.6) is 0 Å². The fourth-order valence-corrected chi connectivity index (χ4v) is 3.13. The van der Waals surface area contributed by atoms with Crippen LogP contribution in [0.25, 0.3) is 0 Å². The summed E-state index contributed by atoms with van der Waals surface area (Å²) in [4.78, 5) is 20.2. The second kappa shape index (κ2) is 7.47. The molecule has 2 heterocycles. The van der Waals surface area contributed by atoms with Gasteiger partial charge in [-0.15, -0.1) is 0 Å². The average molecular weight is 368 g/mol. The normalized spacial score (nSPS) is 15.5. The van der Waals surface area contributed by atoms with Gasteiger partial charge in [-0.2, -0.15) is 0 Å². The summed E-state index contributed by atoms with van der Waals surface area (Å²) in [6.07, 6.45) is 1.52. The Labute approximate surface area is 149 Å². The first-order valence-corrected chi connectivity index (χ1v) is 8.36. The first-order chi connectivity index (χ1) is 11.5. The second-order valence-electron chi connectivity index (χ2n) is 5.64. The van der Waals surface area contributed by atoms with Gasteiger partial charge in [0.05, 0.1) is 0 Å². The topological polar surface area (TPSA) is 36.4 Å². The van der Waals surface area contributed by atoms with Crippen molar-refractivity contribution in [3.63, 3.8) is 0 Å². The number of carbonyl (C=O) groups excluding carboxylic acids is 1. The molecule has 1 aromatic carbocycles. The molecule has 2 aromatic rings. The van der Waals surface area contributed by atoms with E-state index >= 15 is 0 Å². The van der Waals surface area contributed by atoms with Crippen molar-refractivity contribution >= 4 is 29.1 Å². The molecular formula is C17H16Cl2FN3O. The summed E-state index contributed by atoms with van der Waals surface area (Å²) < 4.78 is 13.9. The summed E-state index contributed by atoms with van der Waals surface area (Å²) in [7, 11) is 0. The molecule has 0 aliphatic carbocycles. The van der Waals surface area contributed by atoms with E-state index in [1.807, 2.05) is 0 Å². The lowest BCUT2D eigenvalue weighted by Gasteiger charge is -2.35. The lowest BCUT2D eigenvalue weighted by molar-refractivity contribution is 0.0627. The van der Waals surface area contributed by atoms with E-state index in [1.54, 1.807) is 29.2 Å². The Bertz CT molecular complexity index is 728. The summed E-state index contributed by atoms with van der Waals surface area (Å²) >= 11 is 11.9. The number of halogens is 3. The van der Waals surface area contributed by atoms with Crippen molar-refractivity contribution in [2.45, 2.75) is 6.54 Å². The van der Waals surface area contributed by atoms with E-state index in [0.717, 1.165) is 0 Å². The Balaban J connectivity index is 1.61. The molecule has 0 bridgehead atoms. The van der Waals surface area contributed by atoms with Gasteiger partial charge in [-0.05, 0) is 24.3 Å². The van der Waals surface area contributed by atoms with E-state index in [2.05, 4.69) is 9.88 Å². The van der Waals surface area contributed by atoms with Crippen LogP contribution in [-0.4, -0.2) is 46.9 Å². The fraction of sp³-hybridized carbons (Fsp3) is 0.294. The van der Waals surface area contributed by atoms with Gasteiger partial charge in [0.1, 0.15) is 11.0 Å². The molecule has 0 atom stereocenters. The van der Waals surface area contributed by atoms with Gasteiger partial charge in [-0.1, -0.05) is 29.3 Å². The van der Waals surface area contributed by atoms with Crippen molar-refractivity contribution in [1.29, 1.82) is 0 Å². The van der Waals surface area contributed by atoms with Crippen LogP contribution in [-0.2, 0) is 6.54 Å². The molecule has 1 aliphatic heterocycles. The minimum atomic E-state index is -0.299. The molecule has 126 valence electrons. The van der Waals surface area contributed by atoms with Crippen LogP contribution in [0, 0.1) is 5.82 Å². The number of pyridine rings is 1. The lowest BCUT2D eigenvalue weighted by atomic mass is 10.1. The van der Waals surface area contributed by atoms with Crippen molar-refractivity contribution in [1.82, 2.24) is 14.8 Å². The first-order valence-electron chi connectivity index (χ1n) is 7.60. The zero-order valence-electron chi connectivity index (χ0n) is 12.9. The molecule has 1 amide bonds. The summed E-state index contributed by atoms with van der Waals surface area (Å²) in [6.45, 7) is 2.91. The molecule has 4 nitrogen and oxygen atoms in total. The smallest absolute Gasteiger partial charge is 0.254 e. The van der Waals surface area contributed by atoms with Crippen molar-refractivity contribution in [2.75, 3.05) is 26.2 Å². The van der Waals surface area contributed by atoms with Gasteiger partial charge >= 0.3 is 0 Å². The number of hydrogen-bond acceptors (Lipinski definition) is 3. The van der Waals surface area contributed by atoms with Crippen LogP contribution in [0.3, 0.4) is 0 Å². The van der Waals surface area contributed by atoms with Crippen molar-refractivity contribution in [3.05, 3.63) is 63.6 Å². The maximum atomic E-state index is 13.9. The number of amides is 1. The summed E-state index contributed by atoms with van der Waals surface area (Å²) in [6, 6.07) is 7.91. The van der Waals surface area contributed by atoms with E-state index in [0.29, 0.717) is 54.0 Å². The van der Waals surface area contributed by atoms with E-state index in [9.17, 15) is 9.18 Å². The fourth-order valence-electron chi connectivity index (χ4n) is 2.73. The van der Waals surface area contributed by atoms with Crippen LogP contribution in [0.1, 0.15) is 15.9 Å². The number of piperazine rings is 1. The van der Waals surface area contributed by atoms with Gasteiger partial charge in [0, 0.05) is 55.1 Å². The van der Waals surface area contributed by atoms with Crippen LogP contribution < -0.4 is 0 Å². The van der Waals surface area contributed by atoms with Gasteiger partial charge in [-0.25, -0.2) is 9.37 Å². The third-order valence-electron chi connectivity index (χ3n) is 4.08. The Hall–Kier alpha value is -1.69. The zero-order valence-corrected chi connectivity index (χ0v) is 14.4. The number of carbonyl (C=O) groups is 1. The first kappa shape index (κ1) is 17.1. The van der Waals surface area contributed by atoms with E-state index in [4.69, 9.17) is 23.2 Å². The third-order valence-corrected chi connectivity index (χ3v) is 4.64. The highest BCUT2D eigenvalue weighted by molar-refractivity contribution is 6.31. The molecule has 0 spiro atoms. The highest BCUT2D eigenvalue weighted by atomic mass is 35.5. The summed E-state index contributed by atoms with van der Waals surface area (Å²) in [5, 5.41) is 0.730. The van der Waals surface area contributed by atoms with Gasteiger partial charge in [0.25, 0.3) is 5.91 Å². The Morgan fingerprint density at radius 1 is 1.17 bits per heavy atom. The SMILES string of the molecule is O=C(c1ccnc(Cl)c1)N1CCN(Cc2c(F)cccc2Cl)CC1. The van der Waals surface area contributed by atoms with Gasteiger partial charge < -0.3 is 4.90 Å². The summed E-state index contributed by atoms with van der Waals surface area (Å²) in [5.74, 6) is -0.365. The molecule has 24 heavy (non-hydrogen) atoms. The number of aromatic nitrogens is 1. The third kappa shape index (κ3) is 3.86. The second-order valence-corrected chi connectivity index (χ2v) is 6.43. The highest BCUT2D eigenvalue weighted by Crippen LogP contribution is 2.21. The predicted molar refractivity (Wildman–Crippen MR) is 91.8 cm³/mol. The van der Waals surface area contributed by atoms with Gasteiger partial charge in [0.15, 0.2) is 0 Å². The quantitative estimate of drug-likeness (QED) is 0.779. The largest absolute Gasteiger partial charge is 0.336 e. The van der Waals surface area contributed by atoms with Crippen LogP contribution in [0.4, 0.5) is 4.39 Å². The molecule has 1 aliphatic rings. The van der Waals surface area contributed by atoms with Gasteiger partial charge in [-0.3, -0.25) is 9.69 Å². The molecule has 0 N–H and O–H groups in total. The average Bonchev–Trinajstić information content (AvgIpc) is 2.58. The number of nitrogens with zero attached hydrogens (tertiary/aromatic N) is 3. The molecule has 3 rings (SSSR count). The highest BCUT2D eigenvalue weighted by Gasteiger charge is 2.23. The monoisotopic (exact) mass is 367 g/mol. The molecule has 1 aromatic heterocycles. The number of hydrogen-bond donors (Lipinski definition) is 0. The summed E-state index contributed by atoms with van der Waals surface area (Å²) in [5.41, 5.74) is 1.03. The molecule has 0 unspecified atom stereocenters. The van der Waals surface area contributed by atoms with Gasteiger partial charge in [0.2, 0.25) is 0 Å². The Morgan fingerprint density at radius 2 is 1.92 bits per heavy atom. The zero-order chi connectivity index (χ0) is 17.1. The molecule has 7 heteroatoms. The minimum Gasteiger partial charge on any atom is -0.336 e. The van der Waals surface area contributed by atoms with Crippen LogP contribution >= 0.6 is 23.2 Å². The van der Waals surface area contributed by atoms with E-state index < -0.39 is 0 Å². The van der Waals surface area contributed by atoms with Crippen molar-refractivity contribution in [3.8, 4) is 0 Å². The minimum absolute atomic E-state index is 0.0668. The maximum absolute atomic E-state index is 13.9. The van der Waals surface area contributed by atoms with Crippen molar-refractivity contribution in [2.24, 2.45) is 0 Å². The molecule has 0 saturated carbocycles. The Kier molecular flexibility index (Phi) is 5.33. The lowest BCUT2D eigenvalue weighted by Crippen LogP contribution is -2.48. The van der Waals surface area contributed by atoms with E-state index in [1.165, 1.54) is 12.3 Å².